The van der Waals surface area contributed by atoms with Crippen molar-refractivity contribution >= 4 is 17.5 Å². The molecule has 1 fully saturated rings. The fourth-order valence-electron chi connectivity index (χ4n) is 4.28. The second-order valence-corrected chi connectivity index (χ2v) is 7.50. The second-order valence-electron chi connectivity index (χ2n) is 7.50. The van der Waals surface area contributed by atoms with Gasteiger partial charge in [-0.15, -0.1) is 0 Å². The van der Waals surface area contributed by atoms with Crippen molar-refractivity contribution in [1.82, 2.24) is 5.32 Å². The first kappa shape index (κ1) is 16.8. The molecule has 2 aliphatic rings. The van der Waals surface area contributed by atoms with E-state index in [0.717, 1.165) is 48.1 Å². The topological polar surface area (TPSA) is 49.4 Å². The highest BCUT2D eigenvalue weighted by atomic mass is 16.2. The summed E-state index contributed by atoms with van der Waals surface area (Å²) < 4.78 is 0. The van der Waals surface area contributed by atoms with Crippen molar-refractivity contribution in [3.05, 3.63) is 64.7 Å². The zero-order valence-corrected chi connectivity index (χ0v) is 15.3. The summed E-state index contributed by atoms with van der Waals surface area (Å²) in [7, 11) is 0. The molecule has 0 spiro atoms. The van der Waals surface area contributed by atoms with Crippen LogP contribution in [0.1, 0.15) is 58.8 Å². The molecular formula is C22H24N2O2. The normalized spacial score (nSPS) is 19.7. The number of nitrogens with one attached hydrogen (secondary N) is 1. The molecular weight excluding hydrogens is 324 g/mol. The van der Waals surface area contributed by atoms with Crippen LogP contribution in [0, 0.1) is 13.8 Å². The standard InChI is InChI=1S/C22H24N2O2/c1-14-11-15(2)13-17(12-14)24-20(21(25)23-16-7-3-4-8-16)18-9-5-6-10-19(18)22(24)26/h5-6,9-13,16,20H,3-4,7-8H2,1-2H3,(H,23,25). The number of benzene rings is 2. The largest absolute Gasteiger partial charge is 0.351 e. The van der Waals surface area contributed by atoms with Gasteiger partial charge in [-0.05, 0) is 61.6 Å². The highest BCUT2D eigenvalue weighted by Gasteiger charge is 2.42. The molecule has 4 rings (SSSR count). The number of fused-ring (bicyclic) bond motifs is 1. The molecule has 2 aromatic rings. The van der Waals surface area contributed by atoms with E-state index in [1.54, 1.807) is 4.90 Å². The number of rotatable bonds is 3. The number of amides is 2. The molecule has 1 atom stereocenters. The van der Waals surface area contributed by atoms with Crippen LogP contribution in [0.2, 0.25) is 0 Å². The van der Waals surface area contributed by atoms with E-state index in [-0.39, 0.29) is 17.9 Å². The minimum atomic E-state index is -0.597. The van der Waals surface area contributed by atoms with Gasteiger partial charge in [0.25, 0.3) is 5.91 Å². The third-order valence-electron chi connectivity index (χ3n) is 5.40. The molecule has 0 radical (unpaired) electrons. The summed E-state index contributed by atoms with van der Waals surface area (Å²) in [5.74, 6) is -0.175. The van der Waals surface area contributed by atoms with E-state index < -0.39 is 6.04 Å². The number of hydrogen-bond donors (Lipinski definition) is 1. The van der Waals surface area contributed by atoms with Crippen molar-refractivity contribution in [1.29, 1.82) is 0 Å². The Hall–Kier alpha value is -2.62. The molecule has 1 aliphatic heterocycles. The Morgan fingerprint density at radius 1 is 1.04 bits per heavy atom. The van der Waals surface area contributed by atoms with Gasteiger partial charge >= 0.3 is 0 Å². The summed E-state index contributed by atoms with van der Waals surface area (Å²) in [4.78, 5) is 27.9. The van der Waals surface area contributed by atoms with Crippen molar-refractivity contribution in [2.45, 2.75) is 51.6 Å². The maximum Gasteiger partial charge on any atom is 0.259 e. The van der Waals surface area contributed by atoms with Gasteiger partial charge in [-0.1, -0.05) is 37.1 Å². The smallest absolute Gasteiger partial charge is 0.259 e. The first-order valence-corrected chi connectivity index (χ1v) is 9.36. The van der Waals surface area contributed by atoms with Crippen LogP contribution in [0.4, 0.5) is 5.69 Å². The van der Waals surface area contributed by atoms with Crippen molar-refractivity contribution in [2.24, 2.45) is 0 Å². The summed E-state index contributed by atoms with van der Waals surface area (Å²) in [5.41, 5.74) is 4.37. The summed E-state index contributed by atoms with van der Waals surface area (Å²) in [5, 5.41) is 3.18. The van der Waals surface area contributed by atoms with Crippen molar-refractivity contribution in [3.8, 4) is 0 Å². The monoisotopic (exact) mass is 348 g/mol. The third kappa shape index (κ3) is 2.90. The molecule has 2 aromatic carbocycles. The van der Waals surface area contributed by atoms with Gasteiger partial charge in [-0.3, -0.25) is 14.5 Å². The first-order valence-electron chi connectivity index (χ1n) is 9.36. The number of carbonyl (C=O) groups excluding carboxylic acids is 2. The quantitative estimate of drug-likeness (QED) is 0.909. The summed E-state index contributed by atoms with van der Waals surface area (Å²) in [6.07, 6.45) is 4.37. The van der Waals surface area contributed by atoms with Gasteiger partial charge in [0.1, 0.15) is 6.04 Å². The highest BCUT2D eigenvalue weighted by Crippen LogP contribution is 2.38. The van der Waals surface area contributed by atoms with Gasteiger partial charge in [0.2, 0.25) is 5.91 Å². The van der Waals surface area contributed by atoms with Gasteiger partial charge in [-0.2, -0.15) is 0 Å². The van der Waals surface area contributed by atoms with Crippen molar-refractivity contribution in [3.63, 3.8) is 0 Å². The highest BCUT2D eigenvalue weighted by molar-refractivity contribution is 6.15. The first-order chi connectivity index (χ1) is 12.5. The number of aryl methyl sites for hydroxylation is 2. The molecule has 1 unspecified atom stereocenters. The molecule has 4 heteroatoms. The van der Waals surface area contributed by atoms with E-state index >= 15 is 0 Å². The van der Waals surface area contributed by atoms with E-state index in [9.17, 15) is 9.59 Å². The van der Waals surface area contributed by atoms with Gasteiger partial charge in [0.05, 0.1) is 0 Å². The Balaban J connectivity index is 1.75. The second kappa shape index (κ2) is 6.60. The van der Waals surface area contributed by atoms with E-state index in [0.29, 0.717) is 5.56 Å². The lowest BCUT2D eigenvalue weighted by molar-refractivity contribution is -0.123. The lowest BCUT2D eigenvalue weighted by atomic mass is 10.0. The lowest BCUT2D eigenvalue weighted by Gasteiger charge is -2.26. The van der Waals surface area contributed by atoms with E-state index in [2.05, 4.69) is 11.4 Å². The Labute approximate surface area is 154 Å². The van der Waals surface area contributed by atoms with Crippen LogP contribution >= 0.6 is 0 Å². The SMILES string of the molecule is Cc1cc(C)cc(N2C(=O)c3ccccc3C2C(=O)NC2CCCC2)c1. The maximum atomic E-state index is 13.2. The molecule has 1 heterocycles. The van der Waals surface area contributed by atoms with E-state index in [1.165, 1.54) is 0 Å². The van der Waals surface area contributed by atoms with E-state index in [1.807, 2.05) is 50.2 Å². The molecule has 4 nitrogen and oxygen atoms in total. The third-order valence-corrected chi connectivity index (χ3v) is 5.40. The number of hydrogen-bond acceptors (Lipinski definition) is 2. The van der Waals surface area contributed by atoms with Gasteiger partial charge in [0, 0.05) is 17.3 Å². The Bertz CT molecular complexity index is 848. The average Bonchev–Trinajstić information content (AvgIpc) is 3.20. The summed E-state index contributed by atoms with van der Waals surface area (Å²) >= 11 is 0. The lowest BCUT2D eigenvalue weighted by Crippen LogP contribution is -2.42. The summed E-state index contributed by atoms with van der Waals surface area (Å²) in [6.45, 7) is 4.02. The molecule has 1 aliphatic carbocycles. The molecule has 0 saturated heterocycles. The van der Waals surface area contributed by atoms with Crippen LogP contribution in [-0.4, -0.2) is 17.9 Å². The number of carbonyl (C=O) groups is 2. The van der Waals surface area contributed by atoms with Crippen LogP contribution in [-0.2, 0) is 4.79 Å². The predicted octanol–water partition coefficient (Wildman–Crippen LogP) is 4.06. The van der Waals surface area contributed by atoms with Crippen LogP contribution in [0.3, 0.4) is 0 Å². The van der Waals surface area contributed by atoms with Gasteiger partial charge < -0.3 is 5.32 Å². The number of anilines is 1. The fourth-order valence-corrected chi connectivity index (χ4v) is 4.28. The van der Waals surface area contributed by atoms with Crippen molar-refractivity contribution in [2.75, 3.05) is 4.90 Å². The average molecular weight is 348 g/mol. The van der Waals surface area contributed by atoms with Crippen LogP contribution < -0.4 is 10.2 Å². The molecule has 134 valence electrons. The van der Waals surface area contributed by atoms with Crippen LogP contribution in [0.25, 0.3) is 0 Å². The Morgan fingerprint density at radius 3 is 2.38 bits per heavy atom. The molecule has 2 amide bonds. The molecule has 1 N–H and O–H groups in total. The maximum absolute atomic E-state index is 13.2. The zero-order chi connectivity index (χ0) is 18.3. The zero-order valence-electron chi connectivity index (χ0n) is 15.3. The van der Waals surface area contributed by atoms with Crippen LogP contribution in [0.15, 0.2) is 42.5 Å². The Kier molecular flexibility index (Phi) is 4.27. The molecule has 0 aromatic heterocycles. The minimum absolute atomic E-state index is 0.0747. The minimum Gasteiger partial charge on any atom is -0.351 e. The van der Waals surface area contributed by atoms with Crippen LogP contribution in [0.5, 0.6) is 0 Å². The molecule has 1 saturated carbocycles. The fraction of sp³-hybridized carbons (Fsp3) is 0.364. The number of nitrogens with zero attached hydrogens (tertiary/aromatic N) is 1. The molecule has 26 heavy (non-hydrogen) atoms. The molecule has 0 bridgehead atoms. The van der Waals surface area contributed by atoms with E-state index in [4.69, 9.17) is 0 Å². The predicted molar refractivity (Wildman–Crippen MR) is 102 cm³/mol. The van der Waals surface area contributed by atoms with Crippen molar-refractivity contribution < 1.29 is 9.59 Å². The van der Waals surface area contributed by atoms with Gasteiger partial charge in [-0.25, -0.2) is 0 Å². The van der Waals surface area contributed by atoms with Gasteiger partial charge in [0.15, 0.2) is 0 Å². The Morgan fingerprint density at radius 2 is 1.69 bits per heavy atom. The summed E-state index contributed by atoms with van der Waals surface area (Å²) in [6, 6.07) is 13.1.